The summed E-state index contributed by atoms with van der Waals surface area (Å²) in [6.45, 7) is 1.78. The zero-order valence-corrected chi connectivity index (χ0v) is 7.84. The monoisotopic (exact) mass is 192 g/mol. The lowest BCUT2D eigenvalue weighted by atomic mass is 10.3. The molecule has 1 aromatic heterocycles. The first kappa shape index (κ1) is 10.0. The van der Waals surface area contributed by atoms with E-state index in [1.54, 1.807) is 25.3 Å². The van der Waals surface area contributed by atoms with Crippen LogP contribution in [-0.4, -0.2) is 11.7 Å². The van der Waals surface area contributed by atoms with Gasteiger partial charge in [0, 0.05) is 0 Å². The second-order valence-corrected chi connectivity index (χ2v) is 2.61. The molecule has 4 N–H and O–H groups in total. The lowest BCUT2D eigenvalue weighted by Gasteiger charge is -1.88. The number of nitrogens with two attached hydrogens (primary N) is 2. The van der Waals surface area contributed by atoms with E-state index in [1.807, 2.05) is 12.1 Å². The largest absolute Gasteiger partial charge is 0.465 e. The Kier molecular flexibility index (Phi) is 3.49. The van der Waals surface area contributed by atoms with Crippen LogP contribution >= 0.6 is 0 Å². The van der Waals surface area contributed by atoms with Gasteiger partial charge >= 0.3 is 0 Å². The number of rotatable bonds is 3. The molecule has 14 heavy (non-hydrogen) atoms. The molecular formula is C9H12N4O. The van der Waals surface area contributed by atoms with Gasteiger partial charge in [-0.1, -0.05) is 0 Å². The number of furan rings is 1. The quantitative estimate of drug-likeness (QED) is 0.424. The standard InChI is InChI=1S/C9H12N4O/c1-7(12-13-9(10)11)4-5-8-3-2-6-14-8/h2-6H,1H3,(H4,10,11,13)/b5-4-,12-7?. The van der Waals surface area contributed by atoms with Gasteiger partial charge in [-0.3, -0.25) is 0 Å². The SMILES string of the molecule is CC(/C=C\c1ccco1)=NN=C(N)N. The van der Waals surface area contributed by atoms with E-state index in [4.69, 9.17) is 15.9 Å². The van der Waals surface area contributed by atoms with Crippen molar-refractivity contribution in [3.8, 4) is 0 Å². The van der Waals surface area contributed by atoms with E-state index in [2.05, 4.69) is 10.2 Å². The lowest BCUT2D eigenvalue weighted by Crippen LogP contribution is -2.21. The summed E-state index contributed by atoms with van der Waals surface area (Å²) < 4.78 is 5.08. The molecule has 0 bridgehead atoms. The van der Waals surface area contributed by atoms with Gasteiger partial charge in [-0.05, 0) is 31.2 Å². The van der Waals surface area contributed by atoms with Crippen molar-refractivity contribution >= 4 is 17.7 Å². The average Bonchev–Trinajstić information content (AvgIpc) is 2.63. The topological polar surface area (TPSA) is 89.9 Å². The second-order valence-electron chi connectivity index (χ2n) is 2.61. The van der Waals surface area contributed by atoms with Crippen molar-refractivity contribution in [1.29, 1.82) is 0 Å². The maximum absolute atomic E-state index is 5.11. The molecule has 5 nitrogen and oxygen atoms in total. The molecule has 0 amide bonds. The molecular weight excluding hydrogens is 180 g/mol. The smallest absolute Gasteiger partial charge is 0.211 e. The van der Waals surface area contributed by atoms with E-state index >= 15 is 0 Å². The fraction of sp³-hybridized carbons (Fsp3) is 0.111. The highest BCUT2D eigenvalue weighted by Crippen LogP contribution is 2.02. The van der Waals surface area contributed by atoms with Gasteiger partial charge in [0.1, 0.15) is 5.76 Å². The molecule has 0 aliphatic heterocycles. The van der Waals surface area contributed by atoms with Crippen LogP contribution in [-0.2, 0) is 0 Å². The molecule has 0 atom stereocenters. The summed E-state index contributed by atoms with van der Waals surface area (Å²) in [5.41, 5.74) is 10.9. The summed E-state index contributed by atoms with van der Waals surface area (Å²) in [5, 5.41) is 7.25. The second kappa shape index (κ2) is 4.86. The molecule has 1 aromatic rings. The molecule has 1 heterocycles. The van der Waals surface area contributed by atoms with E-state index in [0.717, 1.165) is 5.76 Å². The summed E-state index contributed by atoms with van der Waals surface area (Å²) in [7, 11) is 0. The Morgan fingerprint density at radius 1 is 1.43 bits per heavy atom. The van der Waals surface area contributed by atoms with Crippen LogP contribution in [0.3, 0.4) is 0 Å². The van der Waals surface area contributed by atoms with E-state index in [-0.39, 0.29) is 5.96 Å². The minimum absolute atomic E-state index is 0.0595. The zero-order chi connectivity index (χ0) is 10.4. The highest BCUT2D eigenvalue weighted by atomic mass is 16.3. The van der Waals surface area contributed by atoms with Crippen LogP contribution in [0.2, 0.25) is 0 Å². The van der Waals surface area contributed by atoms with Gasteiger partial charge < -0.3 is 15.9 Å². The third-order valence-electron chi connectivity index (χ3n) is 1.36. The van der Waals surface area contributed by atoms with Crippen LogP contribution in [0.25, 0.3) is 6.08 Å². The molecule has 0 aliphatic rings. The van der Waals surface area contributed by atoms with Gasteiger partial charge in [0.2, 0.25) is 5.96 Å². The third-order valence-corrected chi connectivity index (χ3v) is 1.36. The Morgan fingerprint density at radius 3 is 2.79 bits per heavy atom. The maximum Gasteiger partial charge on any atom is 0.211 e. The Hall–Kier alpha value is -2.04. The highest BCUT2D eigenvalue weighted by molar-refractivity contribution is 5.96. The fourth-order valence-electron chi connectivity index (χ4n) is 0.759. The predicted molar refractivity (Wildman–Crippen MR) is 56.7 cm³/mol. The average molecular weight is 192 g/mol. The molecule has 0 fully saturated rings. The minimum Gasteiger partial charge on any atom is -0.465 e. The zero-order valence-electron chi connectivity index (χ0n) is 7.84. The van der Waals surface area contributed by atoms with Crippen molar-refractivity contribution in [2.45, 2.75) is 6.92 Å². The summed E-state index contributed by atoms with van der Waals surface area (Å²) in [6.07, 6.45) is 5.13. The summed E-state index contributed by atoms with van der Waals surface area (Å²) in [6, 6.07) is 3.65. The fourth-order valence-corrected chi connectivity index (χ4v) is 0.759. The predicted octanol–water partition coefficient (Wildman–Crippen LogP) is 0.942. The Morgan fingerprint density at radius 2 is 2.21 bits per heavy atom. The van der Waals surface area contributed by atoms with Crippen LogP contribution in [0.1, 0.15) is 12.7 Å². The van der Waals surface area contributed by atoms with Crippen molar-refractivity contribution in [3.05, 3.63) is 30.2 Å². The normalized spacial score (nSPS) is 11.9. The minimum atomic E-state index is -0.0595. The number of hydrogen-bond donors (Lipinski definition) is 2. The van der Waals surface area contributed by atoms with Gasteiger partial charge in [0.15, 0.2) is 0 Å². The van der Waals surface area contributed by atoms with Gasteiger partial charge in [-0.25, -0.2) is 0 Å². The van der Waals surface area contributed by atoms with Gasteiger partial charge in [0.25, 0.3) is 0 Å². The Balaban J connectivity index is 2.61. The molecule has 1 rings (SSSR count). The highest BCUT2D eigenvalue weighted by Gasteiger charge is 1.88. The first-order chi connectivity index (χ1) is 6.68. The Labute approximate surface area is 81.8 Å². The van der Waals surface area contributed by atoms with Crippen molar-refractivity contribution in [3.63, 3.8) is 0 Å². The van der Waals surface area contributed by atoms with E-state index in [9.17, 15) is 0 Å². The molecule has 0 unspecified atom stereocenters. The van der Waals surface area contributed by atoms with Crippen LogP contribution in [0.4, 0.5) is 0 Å². The first-order valence-electron chi connectivity index (χ1n) is 4.03. The van der Waals surface area contributed by atoms with E-state index in [1.165, 1.54) is 0 Å². The van der Waals surface area contributed by atoms with Crippen LogP contribution < -0.4 is 11.5 Å². The Bertz CT molecular complexity index is 358. The molecule has 0 saturated heterocycles. The van der Waals surface area contributed by atoms with Gasteiger partial charge in [0.05, 0.1) is 12.0 Å². The van der Waals surface area contributed by atoms with Crippen molar-refractivity contribution in [2.24, 2.45) is 21.7 Å². The molecule has 0 aliphatic carbocycles. The van der Waals surface area contributed by atoms with Crippen LogP contribution in [0.15, 0.2) is 39.1 Å². The number of allylic oxidation sites excluding steroid dienone is 1. The third kappa shape index (κ3) is 3.57. The number of guanidine groups is 1. The summed E-state index contributed by atoms with van der Waals surface area (Å²) in [4.78, 5) is 0. The van der Waals surface area contributed by atoms with Gasteiger partial charge in [-0.15, -0.1) is 5.10 Å². The van der Waals surface area contributed by atoms with Crippen molar-refractivity contribution in [1.82, 2.24) is 0 Å². The number of nitrogens with zero attached hydrogens (tertiary/aromatic N) is 2. The van der Waals surface area contributed by atoms with Crippen molar-refractivity contribution < 1.29 is 4.42 Å². The maximum atomic E-state index is 5.11. The first-order valence-corrected chi connectivity index (χ1v) is 4.03. The summed E-state index contributed by atoms with van der Waals surface area (Å²) in [5.74, 6) is 0.694. The van der Waals surface area contributed by atoms with Gasteiger partial charge in [-0.2, -0.15) is 5.10 Å². The van der Waals surface area contributed by atoms with Crippen LogP contribution in [0, 0.1) is 0 Å². The molecule has 74 valence electrons. The van der Waals surface area contributed by atoms with Crippen molar-refractivity contribution in [2.75, 3.05) is 0 Å². The van der Waals surface area contributed by atoms with E-state index < -0.39 is 0 Å². The van der Waals surface area contributed by atoms with Crippen LogP contribution in [0.5, 0.6) is 0 Å². The molecule has 0 aromatic carbocycles. The molecule has 5 heteroatoms. The number of hydrogen-bond acceptors (Lipinski definition) is 3. The molecule has 0 spiro atoms. The molecule has 0 saturated carbocycles. The lowest BCUT2D eigenvalue weighted by molar-refractivity contribution is 0.557. The van der Waals surface area contributed by atoms with E-state index in [0.29, 0.717) is 5.71 Å². The molecule has 0 radical (unpaired) electrons. The summed E-state index contributed by atoms with van der Waals surface area (Å²) >= 11 is 0.